The van der Waals surface area contributed by atoms with Crippen LogP contribution in [0.1, 0.15) is 47.6 Å². The van der Waals surface area contributed by atoms with Crippen molar-refractivity contribution in [1.29, 1.82) is 0 Å². The predicted molar refractivity (Wildman–Crippen MR) is 131 cm³/mol. The molecular formula is C26H29N5O3. The van der Waals surface area contributed by atoms with Crippen LogP contribution in [0.2, 0.25) is 0 Å². The molecule has 0 unspecified atom stereocenters. The molecule has 0 bridgehead atoms. The quantitative estimate of drug-likeness (QED) is 0.390. The van der Waals surface area contributed by atoms with Crippen molar-refractivity contribution in [1.82, 2.24) is 19.7 Å². The van der Waals surface area contributed by atoms with E-state index in [0.29, 0.717) is 12.2 Å². The van der Waals surface area contributed by atoms with Gasteiger partial charge in [0, 0.05) is 31.1 Å². The maximum Gasteiger partial charge on any atom is 0.251 e. The van der Waals surface area contributed by atoms with E-state index in [2.05, 4.69) is 15.6 Å². The van der Waals surface area contributed by atoms with E-state index in [9.17, 15) is 9.90 Å². The van der Waals surface area contributed by atoms with E-state index in [1.807, 2.05) is 53.1 Å². The van der Waals surface area contributed by atoms with Crippen LogP contribution in [0.5, 0.6) is 0 Å². The molecule has 176 valence electrons. The van der Waals surface area contributed by atoms with E-state index >= 15 is 0 Å². The van der Waals surface area contributed by atoms with Gasteiger partial charge >= 0.3 is 0 Å². The maximum absolute atomic E-state index is 13.1. The Morgan fingerprint density at radius 1 is 1.18 bits per heavy atom. The molecule has 1 amide bonds. The van der Waals surface area contributed by atoms with Gasteiger partial charge in [-0.2, -0.15) is 0 Å². The van der Waals surface area contributed by atoms with Crippen LogP contribution in [0.25, 0.3) is 16.7 Å². The third-order valence-electron chi connectivity index (χ3n) is 6.46. The number of hydrogen-bond acceptors (Lipinski definition) is 6. The summed E-state index contributed by atoms with van der Waals surface area (Å²) in [5, 5.41) is 16.4. The molecular weight excluding hydrogens is 430 g/mol. The molecule has 8 nitrogen and oxygen atoms in total. The van der Waals surface area contributed by atoms with Gasteiger partial charge in [-0.05, 0) is 49.4 Å². The number of amides is 1. The molecule has 1 atom stereocenters. The van der Waals surface area contributed by atoms with E-state index in [-0.39, 0.29) is 24.1 Å². The zero-order valence-electron chi connectivity index (χ0n) is 19.1. The first kappa shape index (κ1) is 22.3. The molecule has 1 saturated carbocycles. The predicted octanol–water partition coefficient (Wildman–Crippen LogP) is 3.72. The number of nitrogens with zero attached hydrogens (tertiary/aromatic N) is 3. The van der Waals surface area contributed by atoms with Gasteiger partial charge < -0.3 is 20.5 Å². The number of methoxy groups -OCH3 is 1. The van der Waals surface area contributed by atoms with Crippen molar-refractivity contribution < 1.29 is 14.6 Å². The average molecular weight is 460 g/mol. The van der Waals surface area contributed by atoms with Crippen LogP contribution >= 0.6 is 0 Å². The van der Waals surface area contributed by atoms with Gasteiger partial charge in [0.15, 0.2) is 11.5 Å². The summed E-state index contributed by atoms with van der Waals surface area (Å²) in [5.41, 5.74) is 3.84. The third kappa shape index (κ3) is 4.60. The minimum atomic E-state index is -0.249. The number of aromatic nitrogens is 3. The number of carbonyl (C=O) groups excluding carboxylic acids is 1. The number of aliphatic hydroxyl groups is 1. The Balaban J connectivity index is 1.42. The van der Waals surface area contributed by atoms with Gasteiger partial charge in [0.2, 0.25) is 0 Å². The second kappa shape index (κ2) is 9.79. The Bertz CT molecular complexity index is 1280. The molecule has 34 heavy (non-hydrogen) atoms. The van der Waals surface area contributed by atoms with Gasteiger partial charge in [0.1, 0.15) is 0 Å². The number of fused-ring (bicyclic) bond motifs is 3. The molecule has 1 aliphatic rings. The normalized spacial score (nSPS) is 19.2. The van der Waals surface area contributed by atoms with Gasteiger partial charge in [-0.1, -0.05) is 30.3 Å². The monoisotopic (exact) mass is 459 g/mol. The summed E-state index contributed by atoms with van der Waals surface area (Å²) in [6, 6.07) is 15.3. The zero-order chi connectivity index (χ0) is 23.5. The van der Waals surface area contributed by atoms with Gasteiger partial charge in [-0.25, -0.2) is 9.97 Å². The van der Waals surface area contributed by atoms with Gasteiger partial charge in [-0.3, -0.25) is 9.20 Å². The second-order valence-corrected chi connectivity index (χ2v) is 8.83. The number of carbonyl (C=O) groups is 1. The molecule has 0 aliphatic heterocycles. The Labute approximate surface area is 198 Å². The molecule has 2 aromatic carbocycles. The van der Waals surface area contributed by atoms with Crippen LogP contribution in [-0.4, -0.2) is 51.2 Å². The molecule has 5 rings (SSSR count). The zero-order valence-corrected chi connectivity index (χ0v) is 19.1. The highest BCUT2D eigenvalue weighted by Crippen LogP contribution is 2.26. The number of anilines is 1. The number of imidazole rings is 1. The van der Waals surface area contributed by atoms with Crippen LogP contribution < -0.4 is 10.6 Å². The lowest BCUT2D eigenvalue weighted by molar-refractivity contribution is 0.0896. The van der Waals surface area contributed by atoms with Crippen molar-refractivity contribution in [3.05, 3.63) is 72.1 Å². The van der Waals surface area contributed by atoms with Crippen LogP contribution in [-0.2, 0) is 4.74 Å². The molecule has 1 aliphatic carbocycles. The fraction of sp³-hybridized carbons (Fsp3) is 0.346. The molecule has 1 fully saturated rings. The summed E-state index contributed by atoms with van der Waals surface area (Å²) in [6.07, 6.45) is 6.80. The smallest absolute Gasteiger partial charge is 0.251 e. The fourth-order valence-electron chi connectivity index (χ4n) is 4.62. The Morgan fingerprint density at radius 3 is 2.74 bits per heavy atom. The first-order valence-corrected chi connectivity index (χ1v) is 11.7. The Kier molecular flexibility index (Phi) is 6.42. The van der Waals surface area contributed by atoms with Crippen molar-refractivity contribution in [3.63, 3.8) is 0 Å². The van der Waals surface area contributed by atoms with E-state index in [0.717, 1.165) is 53.7 Å². The summed E-state index contributed by atoms with van der Waals surface area (Å²) in [6.45, 7) is 0.379. The largest absolute Gasteiger partial charge is 0.393 e. The van der Waals surface area contributed by atoms with Crippen LogP contribution in [0, 0.1) is 0 Å². The lowest BCUT2D eigenvalue weighted by Gasteiger charge is -2.26. The molecule has 0 spiro atoms. The van der Waals surface area contributed by atoms with Crippen LogP contribution in [0.3, 0.4) is 0 Å². The second-order valence-electron chi connectivity index (χ2n) is 8.83. The van der Waals surface area contributed by atoms with E-state index in [4.69, 9.17) is 9.72 Å². The first-order chi connectivity index (χ1) is 16.6. The number of rotatable bonds is 7. The summed E-state index contributed by atoms with van der Waals surface area (Å²) in [7, 11) is 1.63. The lowest BCUT2D eigenvalue weighted by Crippen LogP contribution is -2.31. The standard InChI is InChI=1S/C26H29N5O3/c1-34-16-22(17-5-3-2-4-6-17)30-26(33)18-7-12-21-23(15-18)31-14-13-27-25(31)24(29-21)28-19-8-10-20(32)11-9-19/h2-7,12-15,19-20,22,32H,8-11,16H2,1H3,(H,28,29)(H,30,33)/t19?,20?,22-/m1/s1. The Hall–Kier alpha value is -3.49. The number of hydrogen-bond donors (Lipinski definition) is 3. The summed E-state index contributed by atoms with van der Waals surface area (Å²) >= 11 is 0. The van der Waals surface area contributed by atoms with Crippen molar-refractivity contribution in [2.24, 2.45) is 0 Å². The van der Waals surface area contributed by atoms with Crippen molar-refractivity contribution in [3.8, 4) is 0 Å². The molecule has 0 saturated heterocycles. The molecule has 2 aromatic heterocycles. The summed E-state index contributed by atoms with van der Waals surface area (Å²) in [5.74, 6) is 0.546. The highest BCUT2D eigenvalue weighted by atomic mass is 16.5. The van der Waals surface area contributed by atoms with Crippen molar-refractivity contribution >= 4 is 28.4 Å². The Morgan fingerprint density at radius 2 is 1.97 bits per heavy atom. The first-order valence-electron chi connectivity index (χ1n) is 11.7. The topological polar surface area (TPSA) is 101 Å². The summed E-state index contributed by atoms with van der Waals surface area (Å²) in [4.78, 5) is 22.5. The van der Waals surface area contributed by atoms with Crippen molar-refractivity contribution in [2.45, 2.75) is 43.9 Å². The van der Waals surface area contributed by atoms with Gasteiger partial charge in [0.05, 0.1) is 29.8 Å². The van der Waals surface area contributed by atoms with E-state index < -0.39 is 0 Å². The minimum absolute atomic E-state index is 0.177. The van der Waals surface area contributed by atoms with Crippen LogP contribution in [0.15, 0.2) is 60.9 Å². The number of aliphatic hydroxyl groups excluding tert-OH is 1. The number of ether oxygens (including phenoxy) is 1. The SMILES string of the molecule is COC[C@@H](NC(=O)c1ccc2nc(NC3CCC(O)CC3)c3nccn3c2c1)c1ccccc1. The molecule has 0 radical (unpaired) electrons. The fourth-order valence-corrected chi connectivity index (χ4v) is 4.62. The van der Waals surface area contributed by atoms with Gasteiger partial charge in [0.25, 0.3) is 5.91 Å². The number of nitrogens with one attached hydrogen (secondary N) is 2. The highest BCUT2D eigenvalue weighted by molar-refractivity contribution is 5.98. The lowest BCUT2D eigenvalue weighted by atomic mass is 9.93. The average Bonchev–Trinajstić information content (AvgIpc) is 3.36. The third-order valence-corrected chi connectivity index (χ3v) is 6.46. The van der Waals surface area contributed by atoms with Gasteiger partial charge in [-0.15, -0.1) is 0 Å². The molecule has 3 N–H and O–H groups in total. The molecule has 2 heterocycles. The highest BCUT2D eigenvalue weighted by Gasteiger charge is 2.22. The maximum atomic E-state index is 13.1. The van der Waals surface area contributed by atoms with Crippen LogP contribution in [0.4, 0.5) is 5.82 Å². The van der Waals surface area contributed by atoms with Crippen molar-refractivity contribution in [2.75, 3.05) is 19.0 Å². The van der Waals surface area contributed by atoms with E-state index in [1.165, 1.54) is 0 Å². The summed E-state index contributed by atoms with van der Waals surface area (Å²) < 4.78 is 7.30. The van der Waals surface area contributed by atoms with E-state index in [1.54, 1.807) is 19.4 Å². The molecule has 4 aromatic rings. The molecule has 8 heteroatoms. The number of benzene rings is 2. The minimum Gasteiger partial charge on any atom is -0.393 e.